The van der Waals surface area contributed by atoms with E-state index in [-0.39, 0.29) is 58.3 Å². The Morgan fingerprint density at radius 1 is 1.11 bits per heavy atom. The molecule has 0 saturated heterocycles. The van der Waals surface area contributed by atoms with Gasteiger partial charge in [-0.25, -0.2) is 0 Å². The highest BCUT2D eigenvalue weighted by Crippen LogP contribution is 2.64. The first-order valence-electron chi connectivity index (χ1n) is 13.7. The van der Waals surface area contributed by atoms with Crippen LogP contribution in [0.2, 0.25) is 0 Å². The maximum Gasteiger partial charge on any atom is 0.199 e. The smallest absolute Gasteiger partial charge is 0.199 e. The average molecular weight is 523 g/mol. The highest BCUT2D eigenvalue weighted by atomic mass is 16.3. The lowest BCUT2D eigenvalue weighted by Gasteiger charge is -2.57. The van der Waals surface area contributed by atoms with Gasteiger partial charge in [0.05, 0.1) is 11.1 Å². The molecular formula is C32H42O6. The minimum Gasteiger partial charge on any atom is -0.512 e. The molecule has 0 heterocycles. The lowest BCUT2D eigenvalue weighted by atomic mass is 9.46. The Balaban J connectivity index is 1.95. The van der Waals surface area contributed by atoms with Crippen molar-refractivity contribution < 1.29 is 30.0 Å². The summed E-state index contributed by atoms with van der Waals surface area (Å²) in [5.74, 6) is -1.05. The number of Topliss-reactive ketones (excluding diaryl/α,β-unsaturated/α-hetero) is 2. The van der Waals surface area contributed by atoms with Gasteiger partial charge in [-0.3, -0.25) is 9.59 Å². The molecule has 3 atom stereocenters. The number of phenols is 1. The van der Waals surface area contributed by atoms with Crippen molar-refractivity contribution in [3.8, 4) is 5.75 Å². The quantitative estimate of drug-likeness (QED) is 0.344. The van der Waals surface area contributed by atoms with E-state index in [0.29, 0.717) is 18.8 Å². The highest BCUT2D eigenvalue weighted by molar-refractivity contribution is 6.14. The van der Waals surface area contributed by atoms with Crippen LogP contribution in [0.5, 0.6) is 5.75 Å². The average Bonchev–Trinajstić information content (AvgIpc) is 2.76. The molecule has 3 aliphatic carbocycles. The largest absolute Gasteiger partial charge is 0.512 e. The van der Waals surface area contributed by atoms with Crippen molar-refractivity contribution in [2.75, 3.05) is 0 Å². The molecule has 1 saturated carbocycles. The minimum atomic E-state index is -2.17. The van der Waals surface area contributed by atoms with Crippen molar-refractivity contribution in [1.29, 1.82) is 0 Å². The first-order chi connectivity index (χ1) is 17.5. The van der Waals surface area contributed by atoms with E-state index in [9.17, 15) is 30.0 Å². The number of phenolic OH excluding ortho intramolecular Hbond substituents is 1. The summed E-state index contributed by atoms with van der Waals surface area (Å²) < 4.78 is 0. The van der Waals surface area contributed by atoms with Gasteiger partial charge >= 0.3 is 0 Å². The van der Waals surface area contributed by atoms with Crippen molar-refractivity contribution in [1.82, 2.24) is 0 Å². The number of carbonyl (C=O) groups is 2. The van der Waals surface area contributed by atoms with Gasteiger partial charge in [0.1, 0.15) is 17.3 Å². The van der Waals surface area contributed by atoms with Crippen LogP contribution in [0.4, 0.5) is 0 Å². The van der Waals surface area contributed by atoms with Crippen LogP contribution in [0, 0.1) is 16.7 Å². The first-order valence-corrected chi connectivity index (χ1v) is 13.7. The molecule has 0 aliphatic heterocycles. The number of carbonyl (C=O) groups excluding carboxylic acids is 2. The summed E-state index contributed by atoms with van der Waals surface area (Å²) in [6.07, 6.45) is 3.14. The van der Waals surface area contributed by atoms with Crippen molar-refractivity contribution in [2.24, 2.45) is 16.7 Å². The Morgan fingerprint density at radius 2 is 1.74 bits per heavy atom. The molecule has 0 radical (unpaired) electrons. The Bertz CT molecular complexity index is 1310. The van der Waals surface area contributed by atoms with Crippen molar-refractivity contribution in [3.63, 3.8) is 0 Å². The summed E-state index contributed by atoms with van der Waals surface area (Å²) >= 11 is 0. The zero-order valence-corrected chi connectivity index (χ0v) is 23.8. The van der Waals surface area contributed by atoms with Gasteiger partial charge in [0.25, 0.3) is 0 Å². The molecule has 1 aromatic rings. The predicted molar refractivity (Wildman–Crippen MR) is 148 cm³/mol. The van der Waals surface area contributed by atoms with Crippen LogP contribution < -0.4 is 0 Å². The van der Waals surface area contributed by atoms with Gasteiger partial charge < -0.3 is 20.4 Å². The molecule has 0 bridgehead atoms. The fraction of sp³-hybridized carbons (Fsp3) is 0.562. The standard InChI is InChI=1S/C32H42O6/c1-16(2)10-9-11-20-12-21(17(3)4)22-13-30(7)15-31(8)14-23(34)24(19(6)33)18(5)32(31,38)29(37)26(30)28(36)25(22)27(20)35/h12,16-17,34-36,38H,5,9-11,13-15H2,1-4,6-8H3/t30-,31+,32+/m1/s1. The third kappa shape index (κ3) is 3.86. The predicted octanol–water partition coefficient (Wildman–Crippen LogP) is 6.40. The SMILES string of the molecule is C=C1C(C(C)=O)=C(O)C[C@@]2(C)C[C@@]3(C)Cc4c(C(C)C)cc(CCCC(C)C)c(O)c4C(O)=C3C(=O)[C@@]12O. The number of ketones is 2. The summed E-state index contributed by atoms with van der Waals surface area (Å²) in [5, 5.41) is 46.0. The second kappa shape index (κ2) is 9.11. The van der Waals surface area contributed by atoms with E-state index >= 15 is 0 Å². The van der Waals surface area contributed by atoms with E-state index in [1.807, 2.05) is 13.0 Å². The normalized spacial score (nSPS) is 29.1. The van der Waals surface area contributed by atoms with Crippen LogP contribution in [-0.2, 0) is 22.4 Å². The lowest BCUT2D eigenvalue weighted by molar-refractivity contribution is -0.154. The monoisotopic (exact) mass is 522 g/mol. The molecule has 206 valence electrons. The van der Waals surface area contributed by atoms with Crippen LogP contribution >= 0.6 is 0 Å². The second-order valence-electron chi connectivity index (χ2n) is 13.0. The van der Waals surface area contributed by atoms with Gasteiger partial charge in [-0.2, -0.15) is 0 Å². The Morgan fingerprint density at radius 3 is 2.29 bits per heavy atom. The number of hydrogen-bond donors (Lipinski definition) is 4. The summed E-state index contributed by atoms with van der Waals surface area (Å²) in [4.78, 5) is 26.6. The summed E-state index contributed by atoms with van der Waals surface area (Å²) in [5.41, 5.74) is -1.53. The number of allylic oxidation sites excluding steroid dienone is 1. The van der Waals surface area contributed by atoms with Crippen LogP contribution in [0.25, 0.3) is 5.76 Å². The molecule has 6 nitrogen and oxygen atoms in total. The topological polar surface area (TPSA) is 115 Å². The molecule has 1 aromatic carbocycles. The Kier molecular flexibility index (Phi) is 6.75. The molecule has 0 spiro atoms. The molecule has 3 aliphatic rings. The van der Waals surface area contributed by atoms with Crippen LogP contribution in [0.3, 0.4) is 0 Å². The van der Waals surface area contributed by atoms with Crippen LogP contribution in [-0.4, -0.2) is 37.6 Å². The lowest BCUT2D eigenvalue weighted by Crippen LogP contribution is -2.64. The molecular weight excluding hydrogens is 480 g/mol. The number of rotatable bonds is 6. The van der Waals surface area contributed by atoms with E-state index in [4.69, 9.17) is 0 Å². The number of aliphatic hydroxyl groups is 3. The maximum atomic E-state index is 14.3. The molecule has 0 aromatic heterocycles. The maximum absolute atomic E-state index is 14.3. The summed E-state index contributed by atoms with van der Waals surface area (Å²) in [6.45, 7) is 17.3. The Hall–Kier alpha value is -2.86. The summed E-state index contributed by atoms with van der Waals surface area (Å²) in [7, 11) is 0. The third-order valence-electron chi connectivity index (χ3n) is 9.16. The van der Waals surface area contributed by atoms with E-state index in [1.54, 1.807) is 6.92 Å². The van der Waals surface area contributed by atoms with E-state index in [0.717, 1.165) is 29.5 Å². The fourth-order valence-corrected chi connectivity index (χ4v) is 7.43. The van der Waals surface area contributed by atoms with Gasteiger partial charge in [-0.05, 0) is 66.7 Å². The van der Waals surface area contributed by atoms with Crippen molar-refractivity contribution >= 4 is 17.3 Å². The number of aryl methyl sites for hydroxylation is 1. The zero-order valence-electron chi connectivity index (χ0n) is 23.8. The van der Waals surface area contributed by atoms with E-state index in [1.165, 1.54) is 6.92 Å². The minimum absolute atomic E-state index is 0.0160. The molecule has 4 rings (SSSR count). The molecule has 0 amide bonds. The van der Waals surface area contributed by atoms with Crippen molar-refractivity contribution in [3.05, 3.63) is 57.4 Å². The number of aliphatic hydroxyl groups excluding tert-OH is 2. The summed E-state index contributed by atoms with van der Waals surface area (Å²) in [6, 6.07) is 2.04. The molecule has 1 fully saturated rings. The Labute approximate surface area is 225 Å². The fourth-order valence-electron chi connectivity index (χ4n) is 7.43. The van der Waals surface area contributed by atoms with Gasteiger partial charge in [-0.1, -0.05) is 60.6 Å². The second-order valence-corrected chi connectivity index (χ2v) is 13.0. The van der Waals surface area contributed by atoms with E-state index < -0.39 is 28.0 Å². The molecule has 0 unspecified atom stereocenters. The van der Waals surface area contributed by atoms with Gasteiger partial charge in [0.2, 0.25) is 0 Å². The molecule has 4 N–H and O–H groups in total. The van der Waals surface area contributed by atoms with Gasteiger partial charge in [0.15, 0.2) is 17.2 Å². The van der Waals surface area contributed by atoms with Crippen LogP contribution in [0.1, 0.15) is 102 Å². The zero-order chi connectivity index (χ0) is 28.5. The number of aromatic hydroxyl groups is 1. The van der Waals surface area contributed by atoms with Crippen LogP contribution in [0.15, 0.2) is 35.1 Å². The number of benzene rings is 1. The van der Waals surface area contributed by atoms with Crippen molar-refractivity contribution in [2.45, 2.75) is 98.5 Å². The number of fused-ring (bicyclic) bond motifs is 3. The molecule has 6 heteroatoms. The highest BCUT2D eigenvalue weighted by Gasteiger charge is 2.67. The third-order valence-corrected chi connectivity index (χ3v) is 9.16. The number of hydrogen-bond acceptors (Lipinski definition) is 6. The first kappa shape index (κ1) is 28.2. The van der Waals surface area contributed by atoms with Gasteiger partial charge in [0, 0.05) is 22.8 Å². The van der Waals surface area contributed by atoms with Gasteiger partial charge in [-0.15, -0.1) is 0 Å². The van der Waals surface area contributed by atoms with E-state index in [2.05, 4.69) is 34.3 Å². The molecule has 38 heavy (non-hydrogen) atoms.